The number of halogens is 5. The molecule has 0 saturated carbocycles. The van der Waals surface area contributed by atoms with E-state index in [-0.39, 0.29) is 23.4 Å². The van der Waals surface area contributed by atoms with Crippen molar-refractivity contribution in [2.75, 3.05) is 23.3 Å². The third-order valence-electron chi connectivity index (χ3n) is 5.49. The highest BCUT2D eigenvalue weighted by Gasteiger charge is 2.31. The fourth-order valence-corrected chi connectivity index (χ4v) is 3.75. The fourth-order valence-electron chi connectivity index (χ4n) is 3.75. The quantitative estimate of drug-likeness (QED) is 0.457. The van der Waals surface area contributed by atoms with Gasteiger partial charge in [-0.15, -0.1) is 13.2 Å². The van der Waals surface area contributed by atoms with E-state index in [1.54, 1.807) is 4.90 Å². The number of aromatic nitrogens is 2. The number of anilines is 2. The van der Waals surface area contributed by atoms with Gasteiger partial charge in [-0.2, -0.15) is 0 Å². The highest BCUT2D eigenvalue weighted by Crippen LogP contribution is 2.35. The van der Waals surface area contributed by atoms with E-state index in [9.17, 15) is 31.9 Å². The van der Waals surface area contributed by atoms with Crippen molar-refractivity contribution >= 4 is 17.4 Å². The maximum absolute atomic E-state index is 13.9. The highest BCUT2D eigenvalue weighted by molar-refractivity contribution is 6.05. The average Bonchev–Trinajstić information content (AvgIpc) is 3.24. The molecule has 0 aliphatic carbocycles. The summed E-state index contributed by atoms with van der Waals surface area (Å²) in [5.74, 6) is -3.81. The molecule has 1 atom stereocenters. The first-order valence-electron chi connectivity index (χ1n) is 10.8. The lowest BCUT2D eigenvalue weighted by molar-refractivity contribution is -0.274. The third kappa shape index (κ3) is 6.06. The summed E-state index contributed by atoms with van der Waals surface area (Å²) >= 11 is 0. The Morgan fingerprint density at radius 3 is 2.44 bits per heavy atom. The molecule has 1 aliphatic rings. The van der Waals surface area contributed by atoms with E-state index in [2.05, 4.69) is 20.0 Å². The molecule has 7 nitrogen and oxygen atoms in total. The number of carbonyl (C=O) groups excluding carboxylic acids is 1. The molecular formula is C24H21F5N4O3. The SMILES string of the molecule is CC(F)(F)c1cncc(-c2cc(C(=O)Nc3ccc(OC(F)(F)F)cc3)cnc2N2CC[C@@H](O)C2)c1. The van der Waals surface area contributed by atoms with Gasteiger partial charge in [-0.3, -0.25) is 9.78 Å². The van der Waals surface area contributed by atoms with Crippen molar-refractivity contribution in [3.05, 3.63) is 66.1 Å². The first kappa shape index (κ1) is 25.3. The van der Waals surface area contributed by atoms with Gasteiger partial charge in [0.15, 0.2) is 0 Å². The summed E-state index contributed by atoms with van der Waals surface area (Å²) in [4.78, 5) is 23.0. The number of nitrogens with one attached hydrogen (secondary N) is 1. The molecule has 3 aromatic rings. The number of ether oxygens (including phenoxy) is 1. The first-order chi connectivity index (χ1) is 16.9. The normalized spacial score (nSPS) is 16.2. The van der Waals surface area contributed by atoms with Gasteiger partial charge in [-0.05, 0) is 42.8 Å². The summed E-state index contributed by atoms with van der Waals surface area (Å²) in [6, 6.07) is 7.32. The number of β-amino-alcohol motifs (C(OH)–C–C–N with tert-alkyl or cyclic N) is 1. The van der Waals surface area contributed by atoms with Gasteiger partial charge in [0, 0.05) is 61.0 Å². The van der Waals surface area contributed by atoms with E-state index < -0.39 is 30.0 Å². The van der Waals surface area contributed by atoms with Gasteiger partial charge in [0.1, 0.15) is 11.6 Å². The summed E-state index contributed by atoms with van der Waals surface area (Å²) in [7, 11) is 0. The number of pyridine rings is 2. The van der Waals surface area contributed by atoms with E-state index in [1.165, 1.54) is 36.7 Å². The van der Waals surface area contributed by atoms with Crippen molar-refractivity contribution in [1.29, 1.82) is 0 Å². The lowest BCUT2D eigenvalue weighted by atomic mass is 10.0. The van der Waals surface area contributed by atoms with E-state index in [0.717, 1.165) is 25.3 Å². The topological polar surface area (TPSA) is 87.6 Å². The molecule has 3 heterocycles. The fraction of sp³-hybridized carbons (Fsp3) is 0.292. The van der Waals surface area contributed by atoms with Crippen LogP contribution in [-0.4, -0.2) is 46.5 Å². The summed E-state index contributed by atoms with van der Waals surface area (Å²) in [6.07, 6.45) is -1.18. The van der Waals surface area contributed by atoms with Crippen LogP contribution in [0.5, 0.6) is 5.75 Å². The minimum atomic E-state index is -4.84. The number of amides is 1. The monoisotopic (exact) mass is 508 g/mol. The molecule has 12 heteroatoms. The molecular weight excluding hydrogens is 487 g/mol. The second-order valence-corrected chi connectivity index (χ2v) is 8.36. The Hall–Kier alpha value is -3.80. The highest BCUT2D eigenvalue weighted by atomic mass is 19.4. The maximum Gasteiger partial charge on any atom is 0.573 e. The van der Waals surface area contributed by atoms with Crippen LogP contribution >= 0.6 is 0 Å². The summed E-state index contributed by atoms with van der Waals surface area (Å²) in [6.45, 7) is 1.52. The molecule has 1 amide bonds. The van der Waals surface area contributed by atoms with E-state index >= 15 is 0 Å². The molecule has 190 valence electrons. The smallest absolute Gasteiger partial charge is 0.406 e. The van der Waals surface area contributed by atoms with E-state index in [1.807, 2.05) is 0 Å². The predicted molar refractivity (Wildman–Crippen MR) is 121 cm³/mol. The van der Waals surface area contributed by atoms with E-state index in [0.29, 0.717) is 29.9 Å². The molecule has 2 N–H and O–H groups in total. The number of aliphatic hydroxyl groups excluding tert-OH is 1. The van der Waals surface area contributed by atoms with Crippen molar-refractivity contribution in [1.82, 2.24) is 9.97 Å². The number of hydrogen-bond donors (Lipinski definition) is 2. The van der Waals surface area contributed by atoms with Crippen LogP contribution in [0.15, 0.2) is 55.0 Å². The molecule has 0 bridgehead atoms. The minimum Gasteiger partial charge on any atom is -0.406 e. The number of benzene rings is 1. The molecule has 1 fully saturated rings. The zero-order valence-electron chi connectivity index (χ0n) is 18.9. The molecule has 1 aromatic carbocycles. The van der Waals surface area contributed by atoms with Gasteiger partial charge in [0.05, 0.1) is 11.7 Å². The zero-order chi connectivity index (χ0) is 26.1. The van der Waals surface area contributed by atoms with Gasteiger partial charge >= 0.3 is 6.36 Å². The van der Waals surface area contributed by atoms with Crippen LogP contribution < -0.4 is 15.0 Å². The van der Waals surface area contributed by atoms with Gasteiger partial charge in [0.25, 0.3) is 11.8 Å². The van der Waals surface area contributed by atoms with Gasteiger partial charge in [0.2, 0.25) is 0 Å². The van der Waals surface area contributed by atoms with Crippen LogP contribution in [0.2, 0.25) is 0 Å². The Kier molecular flexibility index (Phi) is 6.81. The third-order valence-corrected chi connectivity index (χ3v) is 5.49. The van der Waals surface area contributed by atoms with Crippen LogP contribution in [0.3, 0.4) is 0 Å². The van der Waals surface area contributed by atoms with Gasteiger partial charge in [-0.1, -0.05) is 0 Å². The first-order valence-corrected chi connectivity index (χ1v) is 10.8. The molecule has 36 heavy (non-hydrogen) atoms. The Morgan fingerprint density at radius 1 is 1.11 bits per heavy atom. The molecule has 2 aromatic heterocycles. The summed E-state index contributed by atoms with van der Waals surface area (Å²) in [5, 5.41) is 12.5. The van der Waals surface area contributed by atoms with Crippen molar-refractivity contribution in [2.24, 2.45) is 0 Å². The predicted octanol–water partition coefficient (Wildman–Crippen LogP) is 4.98. The van der Waals surface area contributed by atoms with Crippen LogP contribution in [-0.2, 0) is 5.92 Å². The number of rotatable bonds is 6. The summed E-state index contributed by atoms with van der Waals surface area (Å²) < 4.78 is 68.7. The standard InChI is InChI=1S/C24H21F5N4O3/c1-23(25,26)16-8-14(10-30-12-16)20-9-15(11-31-21(20)33-7-6-18(34)13-33)22(35)32-17-2-4-19(5-3-17)36-24(27,28)29/h2-5,8-12,18,34H,6-7,13H2,1H3,(H,32,35)/t18-/m1/s1. The van der Waals surface area contributed by atoms with Gasteiger partial charge < -0.3 is 20.1 Å². The Morgan fingerprint density at radius 2 is 1.83 bits per heavy atom. The molecule has 1 saturated heterocycles. The van der Waals surface area contributed by atoms with Crippen LogP contribution in [0.25, 0.3) is 11.1 Å². The zero-order valence-corrected chi connectivity index (χ0v) is 18.9. The number of aliphatic hydroxyl groups is 1. The van der Waals surface area contributed by atoms with E-state index in [4.69, 9.17) is 0 Å². The Bertz CT molecular complexity index is 1250. The Labute approximate surface area is 202 Å². The lowest BCUT2D eigenvalue weighted by Gasteiger charge is -2.21. The van der Waals surface area contributed by atoms with Crippen LogP contribution in [0.1, 0.15) is 29.3 Å². The van der Waals surface area contributed by atoms with Crippen molar-refractivity contribution in [2.45, 2.75) is 31.7 Å². The Balaban J connectivity index is 1.64. The summed E-state index contributed by atoms with van der Waals surface area (Å²) in [5.41, 5.74) is 0.642. The van der Waals surface area contributed by atoms with Crippen molar-refractivity contribution in [3.8, 4) is 16.9 Å². The molecule has 4 rings (SSSR count). The molecule has 0 spiro atoms. The minimum absolute atomic E-state index is 0.0813. The second kappa shape index (κ2) is 9.69. The second-order valence-electron chi connectivity index (χ2n) is 8.36. The van der Waals surface area contributed by atoms with Crippen molar-refractivity contribution < 1.29 is 36.6 Å². The van der Waals surface area contributed by atoms with Crippen LogP contribution in [0.4, 0.5) is 33.5 Å². The van der Waals surface area contributed by atoms with Crippen molar-refractivity contribution in [3.63, 3.8) is 0 Å². The molecule has 0 unspecified atom stereocenters. The average molecular weight is 508 g/mol. The number of hydrogen-bond acceptors (Lipinski definition) is 6. The van der Waals surface area contributed by atoms with Crippen LogP contribution in [0, 0.1) is 0 Å². The maximum atomic E-state index is 13.9. The molecule has 1 aliphatic heterocycles. The number of alkyl halides is 5. The molecule has 0 radical (unpaired) electrons. The van der Waals surface area contributed by atoms with Gasteiger partial charge in [-0.25, -0.2) is 13.8 Å². The largest absolute Gasteiger partial charge is 0.573 e. The lowest BCUT2D eigenvalue weighted by Crippen LogP contribution is -2.23. The number of carbonyl (C=O) groups is 1. The number of nitrogens with zero attached hydrogens (tertiary/aromatic N) is 3.